The standard InChI is InChI=1S/C16H21NO5/c1-11(22-14-7-5-13(21-2)6-8-14)15(18)17-9-3-4-12(10-17)16(19)20/h5-8,11-12H,3-4,9-10H2,1-2H3,(H,19,20). The first-order valence-corrected chi connectivity index (χ1v) is 7.33. The highest BCUT2D eigenvalue weighted by atomic mass is 16.5. The summed E-state index contributed by atoms with van der Waals surface area (Å²) in [4.78, 5) is 25.0. The van der Waals surface area contributed by atoms with Gasteiger partial charge >= 0.3 is 5.97 Å². The van der Waals surface area contributed by atoms with Gasteiger partial charge in [0.25, 0.3) is 5.91 Å². The van der Waals surface area contributed by atoms with Crippen LogP contribution in [0.5, 0.6) is 11.5 Å². The molecule has 1 fully saturated rings. The van der Waals surface area contributed by atoms with E-state index in [1.54, 1.807) is 43.2 Å². The maximum atomic E-state index is 12.4. The molecule has 0 spiro atoms. The summed E-state index contributed by atoms with van der Waals surface area (Å²) in [6.45, 7) is 2.51. The van der Waals surface area contributed by atoms with Crippen LogP contribution in [0, 0.1) is 5.92 Å². The predicted molar refractivity (Wildman–Crippen MR) is 80.0 cm³/mol. The number of likely N-dealkylation sites (tertiary alicyclic amines) is 1. The number of ether oxygens (including phenoxy) is 2. The molecule has 1 aromatic rings. The van der Waals surface area contributed by atoms with Gasteiger partial charge in [-0.15, -0.1) is 0 Å². The molecule has 1 aromatic carbocycles. The third-order valence-corrected chi connectivity index (χ3v) is 3.80. The number of carbonyl (C=O) groups is 2. The molecule has 6 heteroatoms. The Morgan fingerprint density at radius 2 is 1.91 bits per heavy atom. The van der Waals surface area contributed by atoms with Crippen LogP contribution in [0.3, 0.4) is 0 Å². The lowest BCUT2D eigenvalue weighted by atomic mass is 9.98. The Hall–Kier alpha value is -2.24. The number of piperidine rings is 1. The molecule has 1 amide bonds. The number of carbonyl (C=O) groups excluding carboxylic acids is 1. The van der Waals surface area contributed by atoms with E-state index in [0.717, 1.165) is 0 Å². The molecule has 0 saturated carbocycles. The molecule has 0 bridgehead atoms. The zero-order valence-electron chi connectivity index (χ0n) is 12.8. The van der Waals surface area contributed by atoms with Gasteiger partial charge in [-0.3, -0.25) is 9.59 Å². The summed E-state index contributed by atoms with van der Waals surface area (Å²) < 4.78 is 10.7. The molecular weight excluding hydrogens is 286 g/mol. The lowest BCUT2D eigenvalue weighted by Crippen LogP contribution is -2.47. The van der Waals surface area contributed by atoms with Gasteiger partial charge in [-0.05, 0) is 44.0 Å². The summed E-state index contributed by atoms with van der Waals surface area (Å²) in [7, 11) is 1.58. The van der Waals surface area contributed by atoms with E-state index in [2.05, 4.69) is 0 Å². The third kappa shape index (κ3) is 3.90. The summed E-state index contributed by atoms with van der Waals surface area (Å²) in [6.07, 6.45) is 0.672. The van der Waals surface area contributed by atoms with Gasteiger partial charge in [0.05, 0.1) is 13.0 Å². The van der Waals surface area contributed by atoms with Crippen LogP contribution in [0.25, 0.3) is 0 Å². The lowest BCUT2D eigenvalue weighted by Gasteiger charge is -2.32. The number of hydrogen-bond donors (Lipinski definition) is 1. The Bertz CT molecular complexity index is 528. The van der Waals surface area contributed by atoms with Crippen molar-refractivity contribution >= 4 is 11.9 Å². The highest BCUT2D eigenvalue weighted by molar-refractivity contribution is 5.82. The van der Waals surface area contributed by atoms with Gasteiger partial charge in [0.1, 0.15) is 11.5 Å². The average molecular weight is 307 g/mol. The monoisotopic (exact) mass is 307 g/mol. The minimum Gasteiger partial charge on any atom is -0.497 e. The van der Waals surface area contributed by atoms with E-state index >= 15 is 0 Å². The molecule has 2 rings (SSSR count). The maximum Gasteiger partial charge on any atom is 0.308 e. The van der Waals surface area contributed by atoms with Crippen molar-refractivity contribution < 1.29 is 24.2 Å². The first kappa shape index (κ1) is 16.1. The van der Waals surface area contributed by atoms with Crippen molar-refractivity contribution in [1.82, 2.24) is 4.90 Å². The van der Waals surface area contributed by atoms with E-state index in [1.807, 2.05) is 0 Å². The average Bonchev–Trinajstić information content (AvgIpc) is 2.54. The summed E-state index contributed by atoms with van der Waals surface area (Å²) in [6, 6.07) is 6.99. The van der Waals surface area contributed by atoms with Crippen molar-refractivity contribution in [3.63, 3.8) is 0 Å². The predicted octanol–water partition coefficient (Wildman–Crippen LogP) is 1.79. The lowest BCUT2D eigenvalue weighted by molar-refractivity contribution is -0.147. The summed E-state index contributed by atoms with van der Waals surface area (Å²) in [5.74, 6) is -0.214. The van der Waals surface area contributed by atoms with E-state index in [9.17, 15) is 9.59 Å². The van der Waals surface area contributed by atoms with Crippen molar-refractivity contribution in [1.29, 1.82) is 0 Å². The number of aliphatic carboxylic acids is 1. The zero-order valence-corrected chi connectivity index (χ0v) is 12.8. The number of carboxylic acids is 1. The summed E-state index contributed by atoms with van der Waals surface area (Å²) >= 11 is 0. The fourth-order valence-electron chi connectivity index (χ4n) is 2.54. The molecule has 2 atom stereocenters. The molecular formula is C16H21NO5. The van der Waals surface area contributed by atoms with Crippen molar-refractivity contribution in [3.8, 4) is 11.5 Å². The van der Waals surface area contributed by atoms with E-state index in [1.165, 1.54) is 0 Å². The van der Waals surface area contributed by atoms with Crippen LogP contribution in [0.1, 0.15) is 19.8 Å². The number of rotatable bonds is 5. The Morgan fingerprint density at radius 3 is 2.50 bits per heavy atom. The second-order valence-electron chi connectivity index (χ2n) is 5.40. The number of benzene rings is 1. The van der Waals surface area contributed by atoms with Gasteiger partial charge in [0.15, 0.2) is 6.10 Å². The summed E-state index contributed by atoms with van der Waals surface area (Å²) in [5.41, 5.74) is 0. The van der Waals surface area contributed by atoms with Gasteiger partial charge in [-0.25, -0.2) is 0 Å². The fraction of sp³-hybridized carbons (Fsp3) is 0.500. The Labute approximate surface area is 129 Å². The van der Waals surface area contributed by atoms with E-state index < -0.39 is 18.0 Å². The molecule has 22 heavy (non-hydrogen) atoms. The number of nitrogens with zero attached hydrogens (tertiary/aromatic N) is 1. The van der Waals surface area contributed by atoms with Crippen LogP contribution in [-0.2, 0) is 9.59 Å². The number of carboxylic acid groups (broad SMARTS) is 1. The van der Waals surface area contributed by atoms with Crippen LogP contribution >= 0.6 is 0 Å². The molecule has 0 radical (unpaired) electrons. The summed E-state index contributed by atoms with van der Waals surface area (Å²) in [5, 5.41) is 9.08. The Kier molecular flexibility index (Phi) is 5.25. The first-order valence-electron chi connectivity index (χ1n) is 7.33. The molecule has 2 unspecified atom stereocenters. The largest absolute Gasteiger partial charge is 0.497 e. The molecule has 1 N–H and O–H groups in total. The first-order chi connectivity index (χ1) is 10.5. The molecule has 0 aliphatic carbocycles. The smallest absolute Gasteiger partial charge is 0.308 e. The SMILES string of the molecule is COc1ccc(OC(C)C(=O)N2CCCC(C(=O)O)C2)cc1. The molecule has 0 aromatic heterocycles. The van der Waals surface area contributed by atoms with Gasteiger partial charge in [-0.2, -0.15) is 0 Å². The normalized spacial score (nSPS) is 19.4. The molecule has 120 valence electrons. The number of hydrogen-bond acceptors (Lipinski definition) is 4. The number of amides is 1. The highest BCUT2D eigenvalue weighted by Crippen LogP contribution is 2.21. The zero-order chi connectivity index (χ0) is 16.1. The van der Waals surface area contributed by atoms with Crippen molar-refractivity contribution in [2.24, 2.45) is 5.92 Å². The van der Waals surface area contributed by atoms with Crippen LogP contribution in [0.15, 0.2) is 24.3 Å². The molecule has 1 aliphatic rings. The second-order valence-corrected chi connectivity index (χ2v) is 5.40. The second kappa shape index (κ2) is 7.15. The van der Waals surface area contributed by atoms with Gasteiger partial charge in [0, 0.05) is 13.1 Å². The van der Waals surface area contributed by atoms with Crippen LogP contribution in [-0.4, -0.2) is 48.2 Å². The van der Waals surface area contributed by atoms with Crippen molar-refractivity contribution in [2.45, 2.75) is 25.9 Å². The van der Waals surface area contributed by atoms with Crippen LogP contribution in [0.4, 0.5) is 0 Å². The molecule has 1 aliphatic heterocycles. The van der Waals surface area contributed by atoms with E-state index in [4.69, 9.17) is 14.6 Å². The van der Waals surface area contributed by atoms with Crippen molar-refractivity contribution in [2.75, 3.05) is 20.2 Å². The third-order valence-electron chi connectivity index (χ3n) is 3.80. The van der Waals surface area contributed by atoms with Gasteiger partial charge in [-0.1, -0.05) is 0 Å². The molecule has 6 nitrogen and oxygen atoms in total. The van der Waals surface area contributed by atoms with Gasteiger partial charge in [0.2, 0.25) is 0 Å². The molecule has 1 saturated heterocycles. The van der Waals surface area contributed by atoms with Crippen molar-refractivity contribution in [3.05, 3.63) is 24.3 Å². The highest BCUT2D eigenvalue weighted by Gasteiger charge is 2.30. The fourth-order valence-corrected chi connectivity index (χ4v) is 2.54. The van der Waals surface area contributed by atoms with E-state index in [-0.39, 0.29) is 12.5 Å². The Morgan fingerprint density at radius 1 is 1.27 bits per heavy atom. The van der Waals surface area contributed by atoms with Crippen LogP contribution < -0.4 is 9.47 Å². The quantitative estimate of drug-likeness (QED) is 0.897. The minimum atomic E-state index is -0.846. The van der Waals surface area contributed by atoms with E-state index in [0.29, 0.717) is 30.9 Å². The number of methoxy groups -OCH3 is 1. The topological polar surface area (TPSA) is 76.1 Å². The maximum absolute atomic E-state index is 12.4. The van der Waals surface area contributed by atoms with Crippen LogP contribution in [0.2, 0.25) is 0 Å². The Balaban J connectivity index is 1.94. The van der Waals surface area contributed by atoms with Gasteiger partial charge < -0.3 is 19.5 Å². The molecule has 1 heterocycles. The minimum absolute atomic E-state index is 0.179.